The highest BCUT2D eigenvalue weighted by Gasteiger charge is 2.08. The van der Waals surface area contributed by atoms with E-state index in [2.05, 4.69) is 28.8 Å². The maximum absolute atomic E-state index is 5.76. The van der Waals surface area contributed by atoms with Gasteiger partial charge in [-0.05, 0) is 19.9 Å². The van der Waals surface area contributed by atoms with Crippen LogP contribution in [0.5, 0.6) is 0 Å². The topological polar surface area (TPSA) is 34.0 Å². The van der Waals surface area contributed by atoms with Crippen LogP contribution in [0.1, 0.15) is 26.1 Å². The molecule has 0 aromatic carbocycles. The van der Waals surface area contributed by atoms with Crippen molar-refractivity contribution in [3.63, 3.8) is 0 Å². The van der Waals surface area contributed by atoms with E-state index in [0.717, 1.165) is 38.4 Å². The molecular weight excluding hydrogens is 212 g/mol. The van der Waals surface area contributed by atoms with Gasteiger partial charge in [0.1, 0.15) is 12.2 Å². The minimum absolute atomic E-state index is 0.667. The molecule has 1 aromatic heterocycles. The summed E-state index contributed by atoms with van der Waals surface area (Å²) in [5, 5.41) is 4.15. The molecule has 1 aromatic rings. The van der Waals surface area contributed by atoms with E-state index in [-0.39, 0.29) is 0 Å². The highest BCUT2D eigenvalue weighted by molar-refractivity contribution is 6.18. The Bertz CT molecular complexity index is 268. The van der Waals surface area contributed by atoms with E-state index in [1.807, 2.05) is 4.68 Å². The average molecular weight is 231 g/mol. The fourth-order valence-corrected chi connectivity index (χ4v) is 1.82. The second-order valence-corrected chi connectivity index (χ2v) is 3.84. The lowest BCUT2D eigenvalue weighted by molar-refractivity contribution is 0.269. The molecule has 15 heavy (non-hydrogen) atoms. The van der Waals surface area contributed by atoms with Crippen molar-refractivity contribution in [1.82, 2.24) is 19.7 Å². The Morgan fingerprint density at radius 1 is 1.40 bits per heavy atom. The van der Waals surface area contributed by atoms with E-state index in [0.29, 0.717) is 5.88 Å². The SMILES string of the molecule is CCCN(CCCl)Cc1ncnn1CC. The van der Waals surface area contributed by atoms with Gasteiger partial charge in [0, 0.05) is 19.0 Å². The van der Waals surface area contributed by atoms with Crippen molar-refractivity contribution in [2.24, 2.45) is 0 Å². The number of aromatic nitrogens is 3. The summed E-state index contributed by atoms with van der Waals surface area (Å²) in [5.41, 5.74) is 0. The van der Waals surface area contributed by atoms with Crippen LogP contribution in [-0.2, 0) is 13.1 Å². The Morgan fingerprint density at radius 2 is 2.20 bits per heavy atom. The lowest BCUT2D eigenvalue weighted by Gasteiger charge is -2.19. The molecule has 0 N–H and O–H groups in total. The third-order valence-corrected chi connectivity index (χ3v) is 2.47. The molecule has 5 heteroatoms. The summed E-state index contributed by atoms with van der Waals surface area (Å²) in [6.07, 6.45) is 2.75. The lowest BCUT2D eigenvalue weighted by Crippen LogP contribution is -2.28. The van der Waals surface area contributed by atoms with Gasteiger partial charge in [-0.1, -0.05) is 6.92 Å². The van der Waals surface area contributed by atoms with E-state index in [1.54, 1.807) is 6.33 Å². The van der Waals surface area contributed by atoms with Gasteiger partial charge in [0.2, 0.25) is 0 Å². The van der Waals surface area contributed by atoms with E-state index in [4.69, 9.17) is 11.6 Å². The summed E-state index contributed by atoms with van der Waals surface area (Å²) in [6.45, 7) is 7.93. The van der Waals surface area contributed by atoms with Crippen LogP contribution in [0, 0.1) is 0 Å². The van der Waals surface area contributed by atoms with Crippen molar-refractivity contribution in [3.8, 4) is 0 Å². The van der Waals surface area contributed by atoms with Crippen LogP contribution in [0.4, 0.5) is 0 Å². The fraction of sp³-hybridized carbons (Fsp3) is 0.800. The summed E-state index contributed by atoms with van der Waals surface area (Å²) in [6, 6.07) is 0. The number of nitrogens with zero attached hydrogens (tertiary/aromatic N) is 4. The van der Waals surface area contributed by atoms with Crippen LogP contribution in [0.2, 0.25) is 0 Å². The number of hydrogen-bond acceptors (Lipinski definition) is 3. The van der Waals surface area contributed by atoms with Gasteiger partial charge in [0.15, 0.2) is 0 Å². The number of alkyl halides is 1. The number of aryl methyl sites for hydroxylation is 1. The van der Waals surface area contributed by atoms with Gasteiger partial charge >= 0.3 is 0 Å². The second kappa shape index (κ2) is 6.80. The molecule has 86 valence electrons. The molecule has 0 radical (unpaired) electrons. The summed E-state index contributed by atoms with van der Waals surface area (Å²) in [7, 11) is 0. The summed E-state index contributed by atoms with van der Waals surface area (Å²) in [5.74, 6) is 1.69. The molecule has 0 unspecified atom stereocenters. The van der Waals surface area contributed by atoms with Gasteiger partial charge in [-0.15, -0.1) is 11.6 Å². The first-order valence-electron chi connectivity index (χ1n) is 5.46. The van der Waals surface area contributed by atoms with Gasteiger partial charge in [0.25, 0.3) is 0 Å². The average Bonchev–Trinajstić information content (AvgIpc) is 2.66. The van der Waals surface area contributed by atoms with Crippen LogP contribution in [-0.4, -0.2) is 38.6 Å². The molecule has 0 saturated carbocycles. The smallest absolute Gasteiger partial charge is 0.140 e. The van der Waals surface area contributed by atoms with Crippen molar-refractivity contribution in [2.75, 3.05) is 19.0 Å². The first-order valence-corrected chi connectivity index (χ1v) is 6.00. The second-order valence-electron chi connectivity index (χ2n) is 3.46. The van der Waals surface area contributed by atoms with Crippen molar-refractivity contribution < 1.29 is 0 Å². The third-order valence-electron chi connectivity index (χ3n) is 2.30. The molecule has 0 spiro atoms. The van der Waals surface area contributed by atoms with Crippen LogP contribution < -0.4 is 0 Å². The van der Waals surface area contributed by atoms with Gasteiger partial charge in [-0.2, -0.15) is 5.10 Å². The van der Waals surface area contributed by atoms with Gasteiger partial charge in [0.05, 0.1) is 6.54 Å². The highest BCUT2D eigenvalue weighted by atomic mass is 35.5. The zero-order valence-corrected chi connectivity index (χ0v) is 10.2. The van der Waals surface area contributed by atoms with E-state index >= 15 is 0 Å². The van der Waals surface area contributed by atoms with Crippen molar-refractivity contribution in [3.05, 3.63) is 12.2 Å². The third kappa shape index (κ3) is 3.80. The Labute approximate surface area is 96.2 Å². The Balaban J connectivity index is 2.56. The Kier molecular flexibility index (Phi) is 5.65. The predicted octanol–water partition coefficient (Wildman–Crippen LogP) is 1.75. The fourth-order valence-electron chi connectivity index (χ4n) is 1.58. The quantitative estimate of drug-likeness (QED) is 0.670. The van der Waals surface area contributed by atoms with Gasteiger partial charge in [-0.25, -0.2) is 9.67 Å². The van der Waals surface area contributed by atoms with Crippen molar-refractivity contribution >= 4 is 11.6 Å². The number of halogens is 1. The molecule has 0 saturated heterocycles. The standard InChI is InChI=1S/C10H19ClN4/c1-3-6-14(7-5-11)8-10-12-9-13-15(10)4-2/h9H,3-8H2,1-2H3. The molecule has 0 aliphatic rings. The summed E-state index contributed by atoms with van der Waals surface area (Å²) < 4.78 is 1.93. The van der Waals surface area contributed by atoms with E-state index in [9.17, 15) is 0 Å². The molecule has 0 aliphatic carbocycles. The molecule has 0 bridgehead atoms. The molecule has 0 amide bonds. The van der Waals surface area contributed by atoms with Crippen molar-refractivity contribution in [1.29, 1.82) is 0 Å². The Morgan fingerprint density at radius 3 is 2.80 bits per heavy atom. The predicted molar refractivity (Wildman–Crippen MR) is 62.0 cm³/mol. The van der Waals surface area contributed by atoms with Crippen LogP contribution >= 0.6 is 11.6 Å². The largest absolute Gasteiger partial charge is 0.295 e. The number of hydrogen-bond donors (Lipinski definition) is 0. The lowest BCUT2D eigenvalue weighted by atomic mass is 10.4. The van der Waals surface area contributed by atoms with Gasteiger partial charge < -0.3 is 0 Å². The van der Waals surface area contributed by atoms with Crippen LogP contribution in [0.15, 0.2) is 6.33 Å². The molecular formula is C10H19ClN4. The first kappa shape index (κ1) is 12.5. The normalized spacial score (nSPS) is 11.2. The molecule has 0 atom stereocenters. The van der Waals surface area contributed by atoms with Gasteiger partial charge in [-0.3, -0.25) is 4.90 Å². The zero-order valence-electron chi connectivity index (χ0n) is 9.49. The highest BCUT2D eigenvalue weighted by Crippen LogP contribution is 2.02. The summed E-state index contributed by atoms with van der Waals surface area (Å²) in [4.78, 5) is 6.57. The van der Waals surface area contributed by atoms with Crippen molar-refractivity contribution in [2.45, 2.75) is 33.4 Å². The molecule has 1 rings (SSSR count). The maximum Gasteiger partial charge on any atom is 0.140 e. The molecule has 4 nitrogen and oxygen atoms in total. The Hall–Kier alpha value is -0.610. The maximum atomic E-state index is 5.76. The van der Waals surface area contributed by atoms with Crippen LogP contribution in [0.25, 0.3) is 0 Å². The minimum Gasteiger partial charge on any atom is -0.295 e. The number of rotatable bonds is 7. The summed E-state index contributed by atoms with van der Waals surface area (Å²) >= 11 is 5.76. The monoisotopic (exact) mass is 230 g/mol. The molecule has 0 fully saturated rings. The molecule has 1 heterocycles. The van der Waals surface area contributed by atoms with E-state index in [1.165, 1.54) is 0 Å². The first-order chi connectivity index (χ1) is 7.31. The zero-order chi connectivity index (χ0) is 11.1. The van der Waals surface area contributed by atoms with E-state index < -0.39 is 0 Å². The molecule has 0 aliphatic heterocycles. The minimum atomic E-state index is 0.667. The van der Waals surface area contributed by atoms with Crippen LogP contribution in [0.3, 0.4) is 0 Å².